The number of carbonyl (C=O) groups excluding carboxylic acids is 1. The number of nitrogens with one attached hydrogen (secondary N) is 1. The van der Waals surface area contributed by atoms with Gasteiger partial charge in [0.15, 0.2) is 0 Å². The first kappa shape index (κ1) is 15.7. The highest BCUT2D eigenvalue weighted by Crippen LogP contribution is 2.25. The lowest BCUT2D eigenvalue weighted by atomic mass is 10.2. The molecule has 1 saturated heterocycles. The lowest BCUT2D eigenvalue weighted by Crippen LogP contribution is -2.43. The van der Waals surface area contributed by atoms with Gasteiger partial charge in [-0.05, 0) is 24.6 Å². The number of carbonyl (C=O) groups is 1. The van der Waals surface area contributed by atoms with Crippen molar-refractivity contribution >= 4 is 5.91 Å². The van der Waals surface area contributed by atoms with Crippen LogP contribution in [0, 0.1) is 6.92 Å². The van der Waals surface area contributed by atoms with E-state index in [4.69, 9.17) is 4.74 Å². The summed E-state index contributed by atoms with van der Waals surface area (Å²) >= 11 is 0. The number of rotatable bonds is 5. The Morgan fingerprint density at radius 2 is 2.29 bits per heavy atom. The van der Waals surface area contributed by atoms with Crippen molar-refractivity contribution in [2.45, 2.75) is 25.3 Å². The van der Waals surface area contributed by atoms with Gasteiger partial charge in [-0.1, -0.05) is 12.1 Å². The molecule has 1 N–H and O–H groups in total. The number of hydrogen-bond donors (Lipinski definition) is 1. The van der Waals surface area contributed by atoms with Crippen molar-refractivity contribution in [1.82, 2.24) is 10.2 Å². The minimum Gasteiger partial charge on any atom is -0.492 e. The van der Waals surface area contributed by atoms with Crippen molar-refractivity contribution in [2.75, 3.05) is 26.7 Å². The highest BCUT2D eigenvalue weighted by atomic mass is 19.3. The normalized spacial score (nSPS) is 20.3. The van der Waals surface area contributed by atoms with Gasteiger partial charge >= 0.3 is 0 Å². The van der Waals surface area contributed by atoms with E-state index in [-0.39, 0.29) is 5.91 Å². The number of alkyl halides is 2. The molecule has 1 atom stereocenters. The van der Waals surface area contributed by atoms with E-state index in [1.54, 1.807) is 7.05 Å². The Balaban J connectivity index is 1.77. The second-order valence-corrected chi connectivity index (χ2v) is 5.42. The van der Waals surface area contributed by atoms with E-state index < -0.39 is 24.9 Å². The molecule has 116 valence electrons. The minimum atomic E-state index is -2.79. The highest BCUT2D eigenvalue weighted by Gasteiger charge is 2.43. The SMILES string of the molecule is Cc1cccc(OCCN(C)C(=O)C2CC(F)(F)CN2)c1. The van der Waals surface area contributed by atoms with Gasteiger partial charge in [-0.2, -0.15) is 0 Å². The fraction of sp³-hybridized carbons (Fsp3) is 0.533. The maximum Gasteiger partial charge on any atom is 0.262 e. The monoisotopic (exact) mass is 298 g/mol. The summed E-state index contributed by atoms with van der Waals surface area (Å²) in [6.45, 7) is 2.22. The molecule has 0 radical (unpaired) electrons. The first-order valence-electron chi connectivity index (χ1n) is 6.93. The molecule has 0 aromatic heterocycles. The molecule has 1 aromatic carbocycles. The standard InChI is InChI=1S/C15H20F2N2O2/c1-11-4-3-5-12(8-11)21-7-6-19(2)14(20)13-9-15(16,17)10-18-13/h3-5,8,13,18H,6-7,9-10H2,1-2H3. The van der Waals surface area contributed by atoms with Crippen molar-refractivity contribution in [3.05, 3.63) is 29.8 Å². The molecule has 1 heterocycles. The van der Waals surface area contributed by atoms with Crippen molar-refractivity contribution in [2.24, 2.45) is 0 Å². The largest absolute Gasteiger partial charge is 0.492 e. The van der Waals surface area contributed by atoms with Crippen LogP contribution < -0.4 is 10.1 Å². The van der Waals surface area contributed by atoms with Gasteiger partial charge in [0, 0.05) is 13.5 Å². The number of ether oxygens (including phenoxy) is 1. The van der Waals surface area contributed by atoms with Crippen molar-refractivity contribution in [3.63, 3.8) is 0 Å². The zero-order valence-electron chi connectivity index (χ0n) is 12.2. The third-order valence-corrected chi connectivity index (χ3v) is 3.47. The molecule has 0 aliphatic carbocycles. The number of hydrogen-bond acceptors (Lipinski definition) is 3. The molecular weight excluding hydrogens is 278 g/mol. The Hall–Kier alpha value is -1.69. The molecule has 1 aliphatic heterocycles. The predicted octanol–water partition coefficient (Wildman–Crippen LogP) is 1.83. The molecule has 1 amide bonds. The predicted molar refractivity (Wildman–Crippen MR) is 75.7 cm³/mol. The molecule has 4 nitrogen and oxygen atoms in total. The van der Waals surface area contributed by atoms with Crippen molar-refractivity contribution in [1.29, 1.82) is 0 Å². The molecule has 2 rings (SSSR count). The van der Waals surface area contributed by atoms with Gasteiger partial charge in [0.1, 0.15) is 12.4 Å². The number of halogens is 2. The van der Waals surface area contributed by atoms with E-state index >= 15 is 0 Å². The van der Waals surface area contributed by atoms with Crippen molar-refractivity contribution in [3.8, 4) is 5.75 Å². The fourth-order valence-corrected chi connectivity index (χ4v) is 2.27. The quantitative estimate of drug-likeness (QED) is 0.902. The number of nitrogens with zero attached hydrogens (tertiary/aromatic N) is 1. The molecule has 21 heavy (non-hydrogen) atoms. The molecule has 0 saturated carbocycles. The first-order valence-corrected chi connectivity index (χ1v) is 6.93. The Labute approximate surface area is 123 Å². The van der Waals surface area contributed by atoms with Crippen LogP contribution in [0.15, 0.2) is 24.3 Å². The van der Waals surface area contributed by atoms with Gasteiger partial charge in [0.2, 0.25) is 5.91 Å². The average molecular weight is 298 g/mol. The van der Waals surface area contributed by atoms with E-state index in [0.717, 1.165) is 11.3 Å². The van der Waals surface area contributed by atoms with Gasteiger partial charge < -0.3 is 9.64 Å². The number of likely N-dealkylation sites (N-methyl/N-ethyl adjacent to an activating group) is 1. The van der Waals surface area contributed by atoms with Gasteiger partial charge in [-0.3, -0.25) is 10.1 Å². The average Bonchev–Trinajstić information content (AvgIpc) is 2.78. The lowest BCUT2D eigenvalue weighted by Gasteiger charge is -2.21. The number of aryl methyl sites for hydroxylation is 1. The molecule has 1 aromatic rings. The summed E-state index contributed by atoms with van der Waals surface area (Å²) in [5.74, 6) is -2.37. The Morgan fingerprint density at radius 3 is 2.90 bits per heavy atom. The van der Waals surface area contributed by atoms with Crippen LogP contribution in [0.1, 0.15) is 12.0 Å². The van der Waals surface area contributed by atoms with E-state index in [1.807, 2.05) is 31.2 Å². The summed E-state index contributed by atoms with van der Waals surface area (Å²) in [6, 6.07) is 6.80. The summed E-state index contributed by atoms with van der Waals surface area (Å²) in [4.78, 5) is 13.4. The summed E-state index contributed by atoms with van der Waals surface area (Å²) < 4.78 is 31.7. The fourth-order valence-electron chi connectivity index (χ4n) is 2.27. The van der Waals surface area contributed by atoms with Crippen LogP contribution >= 0.6 is 0 Å². The third kappa shape index (κ3) is 4.39. The van der Waals surface area contributed by atoms with Crippen LogP contribution in [0.2, 0.25) is 0 Å². The molecule has 0 spiro atoms. The van der Waals surface area contributed by atoms with Crippen LogP contribution in [0.5, 0.6) is 5.75 Å². The number of benzene rings is 1. The first-order chi connectivity index (χ1) is 9.87. The third-order valence-electron chi connectivity index (χ3n) is 3.47. The maximum absolute atomic E-state index is 13.1. The van der Waals surface area contributed by atoms with Gasteiger partial charge in [-0.15, -0.1) is 0 Å². The van der Waals surface area contributed by atoms with Crippen LogP contribution in [-0.4, -0.2) is 49.5 Å². The Kier molecular flexibility index (Phi) is 4.77. The van der Waals surface area contributed by atoms with Gasteiger partial charge in [-0.25, -0.2) is 8.78 Å². The summed E-state index contributed by atoms with van der Waals surface area (Å²) in [6.07, 6.45) is -0.436. The summed E-state index contributed by atoms with van der Waals surface area (Å²) in [5.41, 5.74) is 1.09. The number of amides is 1. The Bertz CT molecular complexity index is 508. The highest BCUT2D eigenvalue weighted by molar-refractivity contribution is 5.82. The Morgan fingerprint density at radius 1 is 1.52 bits per heavy atom. The molecular formula is C15H20F2N2O2. The molecule has 6 heteroatoms. The van der Waals surface area contributed by atoms with E-state index in [9.17, 15) is 13.6 Å². The van der Waals surface area contributed by atoms with E-state index in [1.165, 1.54) is 4.90 Å². The summed E-state index contributed by atoms with van der Waals surface area (Å²) in [7, 11) is 1.60. The van der Waals surface area contributed by atoms with Crippen LogP contribution in [0.4, 0.5) is 8.78 Å². The van der Waals surface area contributed by atoms with Gasteiger partial charge in [0.05, 0.1) is 19.1 Å². The molecule has 0 bridgehead atoms. The van der Waals surface area contributed by atoms with Crippen molar-refractivity contribution < 1.29 is 18.3 Å². The summed E-state index contributed by atoms with van der Waals surface area (Å²) in [5, 5.41) is 2.56. The molecule has 1 unspecified atom stereocenters. The maximum atomic E-state index is 13.1. The van der Waals surface area contributed by atoms with Crippen LogP contribution in [0.3, 0.4) is 0 Å². The van der Waals surface area contributed by atoms with Crippen LogP contribution in [-0.2, 0) is 4.79 Å². The topological polar surface area (TPSA) is 41.6 Å². The van der Waals surface area contributed by atoms with E-state index in [0.29, 0.717) is 13.2 Å². The molecule has 1 aliphatic rings. The smallest absolute Gasteiger partial charge is 0.262 e. The second-order valence-electron chi connectivity index (χ2n) is 5.42. The lowest BCUT2D eigenvalue weighted by molar-refractivity contribution is -0.132. The minimum absolute atomic E-state index is 0.319. The molecule has 1 fully saturated rings. The zero-order chi connectivity index (χ0) is 15.5. The van der Waals surface area contributed by atoms with Crippen LogP contribution in [0.25, 0.3) is 0 Å². The second kappa shape index (κ2) is 6.39. The zero-order valence-corrected chi connectivity index (χ0v) is 12.2. The van der Waals surface area contributed by atoms with Gasteiger partial charge in [0.25, 0.3) is 5.92 Å². The van der Waals surface area contributed by atoms with E-state index in [2.05, 4.69) is 5.32 Å².